The number of carbonyl (C=O) groups is 4. The molecule has 4 fully saturated rings. The fraction of sp³-hybridized carbons (Fsp3) is 0.550. The molecule has 5 aliphatic rings. The minimum absolute atomic E-state index is 0.0798. The zero-order valence-electron chi connectivity index (χ0n) is 46.9. The molecule has 78 heavy (non-hydrogen) atoms. The molecule has 3 saturated heterocycles. The van der Waals surface area contributed by atoms with Gasteiger partial charge in [0, 0.05) is 124 Å². The van der Waals surface area contributed by atoms with Crippen LogP contribution in [0.1, 0.15) is 115 Å². The van der Waals surface area contributed by atoms with Gasteiger partial charge in [-0.2, -0.15) is 0 Å². The number of rotatable bonds is 11. The highest BCUT2D eigenvalue weighted by Crippen LogP contribution is 2.44. The molecule has 4 aromatic heterocycles. The van der Waals surface area contributed by atoms with E-state index in [0.29, 0.717) is 49.7 Å². The summed E-state index contributed by atoms with van der Waals surface area (Å²) in [6.45, 7) is 19.4. The molecule has 10 rings (SSSR count). The molecule has 0 radical (unpaired) electrons. The van der Waals surface area contributed by atoms with Gasteiger partial charge in [-0.25, -0.2) is 14.6 Å². The first-order valence-corrected chi connectivity index (χ1v) is 28.2. The third-order valence-corrected chi connectivity index (χ3v) is 16.7. The van der Waals surface area contributed by atoms with Crippen LogP contribution in [0.5, 0.6) is 0 Å². The Labute approximate surface area is 458 Å². The van der Waals surface area contributed by atoms with Crippen molar-refractivity contribution in [2.75, 3.05) is 64.9 Å². The number of likely N-dealkylation sites (tertiary alicyclic amines) is 1. The van der Waals surface area contributed by atoms with E-state index < -0.39 is 47.1 Å². The van der Waals surface area contributed by atoms with Gasteiger partial charge in [0.15, 0.2) is 0 Å². The summed E-state index contributed by atoms with van der Waals surface area (Å²) < 4.78 is 30.9. The van der Waals surface area contributed by atoms with Crippen LogP contribution in [0.4, 0.5) is 14.9 Å². The van der Waals surface area contributed by atoms with Gasteiger partial charge in [-0.3, -0.25) is 39.2 Å². The number of benzene rings is 1. The molecule has 5 aromatic rings. The number of cyclic esters (lactones) is 1. The van der Waals surface area contributed by atoms with Gasteiger partial charge >= 0.3 is 12.0 Å². The lowest BCUT2D eigenvalue weighted by atomic mass is 9.84. The standard InChI is InChI=1S/C60H78FN11O6/c1-10-70-51-18-15-39-26-45(51)47(55(70)46-30-44(33-63-53(46)38(5)77-9)69-23-21-68(22-24-69)43-16-17-43)31-60(6,7)35-78-58(75)48-14-12-20-72(66-48)57(74)50(29-42-27-41(61)28-49(39)64-42)65-56(73)54(36(2)3)67(8)59(76)71-34-37(4)25-52(71)40-13-11-19-62-32-40/h11,13,15,18-19,26-28,30,32-33,36-38,43,48,50,52,54,66H,10,12,14,16-17,20-25,29,31,34-35H2,1-9H3,(H,65,73)/t37-,38+,48+,50+,52-,54+/m1/s1. The predicted octanol–water partition coefficient (Wildman–Crippen LogP) is 8.12. The molecule has 1 aliphatic carbocycles. The second kappa shape index (κ2) is 22.7. The number of fused-ring (bicyclic) bond motifs is 6. The Balaban J connectivity index is 1.04. The number of urea groups is 1. The number of carbonyl (C=O) groups excluding carboxylic acids is 4. The topological polar surface area (TPSA) is 171 Å². The third kappa shape index (κ3) is 11.4. The van der Waals surface area contributed by atoms with Crippen LogP contribution in [0.2, 0.25) is 0 Å². The van der Waals surface area contributed by atoms with Crippen LogP contribution >= 0.6 is 0 Å². The first-order valence-electron chi connectivity index (χ1n) is 28.2. The van der Waals surface area contributed by atoms with Crippen molar-refractivity contribution >= 4 is 40.4 Å². The summed E-state index contributed by atoms with van der Waals surface area (Å²) >= 11 is 0. The number of aromatic nitrogens is 4. The smallest absolute Gasteiger partial charge is 0.324 e. The van der Waals surface area contributed by atoms with E-state index in [1.807, 2.05) is 45.2 Å². The maximum atomic E-state index is 16.3. The molecule has 0 spiro atoms. The number of methoxy groups -OCH3 is 1. The Hall–Kier alpha value is -6.50. The van der Waals surface area contributed by atoms with Crippen molar-refractivity contribution in [2.24, 2.45) is 17.3 Å². The number of esters is 1. The zero-order valence-corrected chi connectivity index (χ0v) is 46.9. The summed E-state index contributed by atoms with van der Waals surface area (Å²) in [5.41, 5.74) is 10.5. The van der Waals surface area contributed by atoms with Crippen molar-refractivity contribution in [1.29, 1.82) is 0 Å². The Kier molecular flexibility index (Phi) is 16.0. The average molecular weight is 1070 g/mol. The number of ether oxygens (including phenoxy) is 2. The van der Waals surface area contributed by atoms with Crippen molar-refractivity contribution in [2.45, 2.75) is 136 Å². The van der Waals surface area contributed by atoms with E-state index in [1.165, 1.54) is 34.9 Å². The lowest BCUT2D eigenvalue weighted by Gasteiger charge is -2.37. The number of hydrazine groups is 1. The van der Waals surface area contributed by atoms with Crippen LogP contribution in [0.3, 0.4) is 0 Å². The number of likely N-dealkylation sites (N-methyl/N-ethyl adjacent to an activating group) is 1. The molecule has 8 heterocycles. The number of nitrogens with zero attached hydrogens (tertiary/aromatic N) is 9. The first kappa shape index (κ1) is 54.8. The van der Waals surface area contributed by atoms with E-state index in [-0.39, 0.29) is 55.3 Å². The van der Waals surface area contributed by atoms with E-state index in [1.54, 1.807) is 31.5 Å². The average Bonchev–Trinajstić information content (AvgIpc) is 4.36. The van der Waals surface area contributed by atoms with Crippen LogP contribution < -0.4 is 15.6 Å². The fourth-order valence-electron chi connectivity index (χ4n) is 12.5. The number of hydrogen-bond acceptors (Lipinski definition) is 12. The second-order valence-corrected chi connectivity index (χ2v) is 23.6. The number of hydrogen-bond donors (Lipinski definition) is 2. The molecule has 6 atom stereocenters. The minimum atomic E-state index is -1.27. The normalized spacial score (nSPS) is 23.0. The van der Waals surface area contributed by atoms with E-state index in [9.17, 15) is 19.2 Å². The number of aryl methyl sites for hydroxylation is 1. The summed E-state index contributed by atoms with van der Waals surface area (Å²) in [4.78, 5) is 81.3. The van der Waals surface area contributed by atoms with Gasteiger partial charge in [-0.1, -0.05) is 46.8 Å². The number of piperazine rings is 1. The molecule has 1 aromatic carbocycles. The SMILES string of the molecule is CCn1c(-c2cc(N3CCN(C4CC4)CC3)cnc2[C@H](C)OC)c2c3cc(ccc31)-c1cc(F)cc(n1)C[C@H](NC(=O)[C@H](C(C)C)N(C)C(=O)N1C[C@H](C)C[C@@H]1c1cccnc1)C(=O)N1CCC[C@H](N1)C(=O)OCC(C)(C)C2. The highest BCUT2D eigenvalue weighted by molar-refractivity contribution is 5.96. The maximum Gasteiger partial charge on any atom is 0.324 e. The molecule has 416 valence electrons. The van der Waals surface area contributed by atoms with E-state index in [2.05, 4.69) is 76.0 Å². The molecular formula is C60H78FN11O6. The zero-order chi connectivity index (χ0) is 55.2. The molecule has 4 amide bonds. The largest absolute Gasteiger partial charge is 0.464 e. The molecule has 0 unspecified atom stereocenters. The van der Waals surface area contributed by atoms with Gasteiger partial charge in [-0.05, 0) is 106 Å². The van der Waals surface area contributed by atoms with E-state index in [0.717, 1.165) is 77.3 Å². The maximum absolute atomic E-state index is 16.3. The van der Waals surface area contributed by atoms with Gasteiger partial charge in [0.2, 0.25) is 5.91 Å². The van der Waals surface area contributed by atoms with E-state index >= 15 is 4.39 Å². The van der Waals surface area contributed by atoms with Crippen LogP contribution in [0, 0.1) is 23.1 Å². The molecule has 18 heteroatoms. The summed E-state index contributed by atoms with van der Waals surface area (Å²) in [6, 6.07) is 11.9. The monoisotopic (exact) mass is 1070 g/mol. The van der Waals surface area contributed by atoms with Crippen molar-refractivity contribution in [3.8, 4) is 22.5 Å². The molecular weight excluding hydrogens is 990 g/mol. The van der Waals surface area contributed by atoms with Crippen LogP contribution in [-0.4, -0.2) is 147 Å². The van der Waals surface area contributed by atoms with Crippen LogP contribution in [-0.2, 0) is 43.2 Å². The predicted molar refractivity (Wildman–Crippen MR) is 297 cm³/mol. The Morgan fingerprint density at radius 2 is 1.79 bits per heavy atom. The fourth-order valence-corrected chi connectivity index (χ4v) is 12.5. The van der Waals surface area contributed by atoms with Gasteiger partial charge in [0.25, 0.3) is 5.91 Å². The molecule has 1 saturated carbocycles. The van der Waals surface area contributed by atoms with Crippen molar-refractivity contribution in [3.63, 3.8) is 0 Å². The second-order valence-electron chi connectivity index (χ2n) is 23.6. The number of pyridine rings is 3. The molecule has 2 N–H and O–H groups in total. The Bertz CT molecular complexity index is 3030. The van der Waals surface area contributed by atoms with Crippen molar-refractivity contribution in [1.82, 2.24) is 50.0 Å². The first-order chi connectivity index (χ1) is 37.4. The van der Waals surface area contributed by atoms with Crippen LogP contribution in [0.25, 0.3) is 33.4 Å². The molecule has 6 bridgehead atoms. The third-order valence-electron chi connectivity index (χ3n) is 16.7. The van der Waals surface area contributed by atoms with Gasteiger partial charge < -0.3 is 34.1 Å². The molecule has 17 nitrogen and oxygen atoms in total. The number of amides is 4. The molecule has 4 aliphatic heterocycles. The number of nitrogens with one attached hydrogen (secondary N) is 2. The highest BCUT2D eigenvalue weighted by Gasteiger charge is 2.42. The van der Waals surface area contributed by atoms with Gasteiger partial charge in [0.1, 0.15) is 23.9 Å². The summed E-state index contributed by atoms with van der Waals surface area (Å²) in [7, 11) is 3.32. The summed E-state index contributed by atoms with van der Waals surface area (Å²) in [6.07, 6.45) is 9.64. The number of anilines is 1. The highest BCUT2D eigenvalue weighted by atomic mass is 19.1. The van der Waals surface area contributed by atoms with Crippen molar-refractivity contribution < 1.29 is 33.0 Å². The Morgan fingerprint density at radius 3 is 2.50 bits per heavy atom. The number of halogens is 1. The lowest BCUT2D eigenvalue weighted by molar-refractivity contribution is -0.155. The quantitative estimate of drug-likeness (QED) is 0.122. The van der Waals surface area contributed by atoms with Gasteiger partial charge in [0.05, 0.1) is 47.7 Å². The minimum Gasteiger partial charge on any atom is -0.464 e. The summed E-state index contributed by atoms with van der Waals surface area (Å²) in [5.74, 6) is -2.28. The van der Waals surface area contributed by atoms with Crippen molar-refractivity contribution in [3.05, 3.63) is 95.5 Å². The van der Waals surface area contributed by atoms with Crippen LogP contribution in [0.15, 0.2) is 67.1 Å². The van der Waals surface area contributed by atoms with Gasteiger partial charge in [-0.15, -0.1) is 0 Å². The van der Waals surface area contributed by atoms with E-state index in [4.69, 9.17) is 19.4 Å². The Morgan fingerprint density at radius 1 is 1.01 bits per heavy atom. The lowest BCUT2D eigenvalue weighted by Crippen LogP contribution is -2.62. The summed E-state index contributed by atoms with van der Waals surface area (Å²) in [5, 5.41) is 5.32.